The van der Waals surface area contributed by atoms with Crippen LogP contribution in [0.15, 0.2) is 133 Å². The molecule has 2 heterocycles. The fraction of sp³-hybridized carbons (Fsp3) is 0. The van der Waals surface area contributed by atoms with Gasteiger partial charge >= 0.3 is 261 Å². The molecule has 40 heavy (non-hydrogen) atoms. The van der Waals surface area contributed by atoms with Crippen molar-refractivity contribution in [1.29, 1.82) is 0 Å². The van der Waals surface area contributed by atoms with Crippen molar-refractivity contribution < 1.29 is 0 Å². The third kappa shape index (κ3) is 4.06. The fourth-order valence-corrected chi connectivity index (χ4v) is 19.2. The van der Waals surface area contributed by atoms with Gasteiger partial charge in [0.15, 0.2) is 0 Å². The molecular weight excluding hydrogens is 757 g/mol. The van der Waals surface area contributed by atoms with Gasteiger partial charge in [-0.25, -0.2) is 0 Å². The molecule has 0 unspecified atom stereocenters. The first-order valence-corrected chi connectivity index (χ1v) is 20.3. The van der Waals surface area contributed by atoms with Gasteiger partial charge in [-0.1, -0.05) is 0 Å². The van der Waals surface area contributed by atoms with Gasteiger partial charge in [-0.2, -0.15) is 0 Å². The first-order chi connectivity index (χ1) is 19.7. The van der Waals surface area contributed by atoms with Crippen molar-refractivity contribution in [2.75, 3.05) is 0 Å². The van der Waals surface area contributed by atoms with Crippen LogP contribution in [0.3, 0.4) is 0 Å². The number of benzene rings is 6. The fourth-order valence-electron chi connectivity index (χ4n) is 5.71. The molecule has 0 saturated carbocycles. The zero-order chi connectivity index (χ0) is 26.8. The molecule has 194 valence electrons. The van der Waals surface area contributed by atoms with Gasteiger partial charge in [-0.15, -0.1) is 0 Å². The Morgan fingerprint density at radius 3 is 1.57 bits per heavy atom. The second-order valence-electron chi connectivity index (χ2n) is 9.80. The zero-order valence-corrected chi connectivity index (χ0v) is 27.0. The summed E-state index contributed by atoms with van der Waals surface area (Å²) in [6, 6.07) is 49.2. The van der Waals surface area contributed by atoms with E-state index in [4.69, 9.17) is 23.2 Å². The van der Waals surface area contributed by atoms with E-state index >= 15 is 0 Å². The summed E-state index contributed by atoms with van der Waals surface area (Å²) in [5.41, 5.74) is 7.84. The van der Waals surface area contributed by atoms with Gasteiger partial charge in [-0.05, 0) is 0 Å². The Kier molecular flexibility index (Phi) is 6.29. The molecule has 2 aliphatic heterocycles. The number of hydrogen-bond donors (Lipinski definition) is 0. The molecule has 0 fully saturated rings. The summed E-state index contributed by atoms with van der Waals surface area (Å²) in [6.45, 7) is 0. The van der Waals surface area contributed by atoms with E-state index < -0.39 is 39.6 Å². The number of halogens is 4. The molecule has 0 atom stereocenters. The Balaban J connectivity index is 1.25. The van der Waals surface area contributed by atoms with Crippen LogP contribution in [0, 0.1) is 21.4 Å². The zero-order valence-electron chi connectivity index (χ0n) is 21.2. The maximum absolute atomic E-state index is 6.87. The van der Waals surface area contributed by atoms with Crippen LogP contribution in [0.4, 0.5) is 0 Å². The van der Waals surface area contributed by atoms with Gasteiger partial charge < -0.3 is 0 Å². The normalized spacial score (nSPS) is 14.4. The first kappa shape index (κ1) is 25.1. The third-order valence-corrected chi connectivity index (χ3v) is 20.1. The van der Waals surface area contributed by atoms with Crippen molar-refractivity contribution >= 4 is 62.8 Å². The van der Waals surface area contributed by atoms with E-state index in [-0.39, 0.29) is 0 Å². The summed E-state index contributed by atoms with van der Waals surface area (Å²) in [7, 11) is 0. The van der Waals surface area contributed by atoms with Crippen molar-refractivity contribution in [1.82, 2.24) is 0 Å². The van der Waals surface area contributed by atoms with Gasteiger partial charge in [-0.3, -0.25) is 0 Å². The standard InChI is InChI=1S/C36H22Cl2I2/c37-25-16-17-36-32(22-25)31-12-3-6-15-35(31)40(36)28-20-24(18-26(38)21-28)23-8-7-9-27(19-23)39-33-13-4-1-10-29(33)30-11-2-5-14-34(30)39/h1-22H. The van der Waals surface area contributed by atoms with Crippen LogP contribution in [-0.2, 0) is 0 Å². The van der Waals surface area contributed by atoms with Crippen LogP contribution in [0.2, 0.25) is 10.0 Å². The van der Waals surface area contributed by atoms with E-state index in [1.54, 1.807) is 0 Å². The van der Waals surface area contributed by atoms with Crippen LogP contribution in [0.5, 0.6) is 0 Å². The first-order valence-electron chi connectivity index (χ1n) is 13.0. The van der Waals surface area contributed by atoms with E-state index in [9.17, 15) is 0 Å². The molecular formula is C36H22Cl2I2. The number of rotatable bonds is 3. The summed E-state index contributed by atoms with van der Waals surface area (Å²) >= 11 is 9.60. The molecule has 2 aliphatic rings. The molecule has 0 nitrogen and oxygen atoms in total. The molecule has 0 spiro atoms. The van der Waals surface area contributed by atoms with Gasteiger partial charge in [0, 0.05) is 0 Å². The summed E-state index contributed by atoms with van der Waals surface area (Å²) in [5.74, 6) is 0. The van der Waals surface area contributed by atoms with E-state index in [1.165, 1.54) is 54.8 Å². The summed E-state index contributed by atoms with van der Waals surface area (Å²) in [4.78, 5) is 0. The van der Waals surface area contributed by atoms with Crippen molar-refractivity contribution in [3.8, 4) is 33.4 Å². The Hall–Kier alpha value is -2.64. The molecule has 0 bridgehead atoms. The van der Waals surface area contributed by atoms with Crippen molar-refractivity contribution in [2.45, 2.75) is 0 Å². The average Bonchev–Trinajstić information content (AvgIpc) is 3.50. The Morgan fingerprint density at radius 2 is 0.900 bits per heavy atom. The minimum atomic E-state index is -1.92. The monoisotopic (exact) mass is 778 g/mol. The Morgan fingerprint density at radius 1 is 0.350 bits per heavy atom. The second-order valence-corrected chi connectivity index (χ2v) is 21.0. The van der Waals surface area contributed by atoms with Crippen LogP contribution in [0.25, 0.3) is 33.4 Å². The van der Waals surface area contributed by atoms with E-state index in [1.807, 2.05) is 6.07 Å². The predicted molar refractivity (Wildman–Crippen MR) is 186 cm³/mol. The summed E-state index contributed by atoms with van der Waals surface area (Å²) in [5, 5.41) is 1.58. The molecule has 0 saturated heterocycles. The van der Waals surface area contributed by atoms with Crippen molar-refractivity contribution in [2.24, 2.45) is 0 Å². The summed E-state index contributed by atoms with van der Waals surface area (Å²) in [6.07, 6.45) is 0. The topological polar surface area (TPSA) is 0 Å². The van der Waals surface area contributed by atoms with Gasteiger partial charge in [0.25, 0.3) is 0 Å². The Labute approximate surface area is 258 Å². The van der Waals surface area contributed by atoms with E-state index in [0.717, 1.165) is 10.0 Å². The molecule has 6 aromatic rings. The molecule has 6 aromatic carbocycles. The van der Waals surface area contributed by atoms with E-state index in [2.05, 4.69) is 127 Å². The van der Waals surface area contributed by atoms with Crippen LogP contribution < -0.4 is 0 Å². The predicted octanol–water partition coefficient (Wildman–Crippen LogP) is 11.5. The van der Waals surface area contributed by atoms with E-state index in [0.29, 0.717) is 0 Å². The summed E-state index contributed by atoms with van der Waals surface area (Å²) < 4.78 is 8.78. The Bertz CT molecular complexity index is 1920. The van der Waals surface area contributed by atoms with Crippen molar-refractivity contribution in [3.05, 3.63) is 165 Å². The molecule has 0 N–H and O–H groups in total. The van der Waals surface area contributed by atoms with Crippen LogP contribution in [-0.4, -0.2) is 0 Å². The van der Waals surface area contributed by atoms with Crippen LogP contribution >= 0.6 is 62.8 Å². The molecule has 0 radical (unpaired) electrons. The molecule has 4 heteroatoms. The van der Waals surface area contributed by atoms with Crippen LogP contribution in [0.1, 0.15) is 0 Å². The third-order valence-electron chi connectivity index (χ3n) is 7.40. The quantitative estimate of drug-likeness (QED) is 0.157. The molecule has 0 aromatic heterocycles. The molecule has 8 rings (SSSR count). The number of hydrogen-bond acceptors (Lipinski definition) is 0. The minimum absolute atomic E-state index is 0.787. The van der Waals surface area contributed by atoms with Crippen molar-refractivity contribution in [3.63, 3.8) is 0 Å². The molecule has 0 amide bonds. The maximum atomic E-state index is 6.87. The SMILES string of the molecule is Clc1cc(-c2cccc(I3c4ccccc4-c4ccccc43)c2)cc(I2c3ccccc3-c3cc(Cl)ccc32)c1. The second kappa shape index (κ2) is 10.0. The van der Waals surface area contributed by atoms with Gasteiger partial charge in [0.1, 0.15) is 0 Å². The average molecular weight is 779 g/mol. The van der Waals surface area contributed by atoms with Gasteiger partial charge in [0.05, 0.1) is 0 Å². The molecule has 0 aliphatic carbocycles. The van der Waals surface area contributed by atoms with Gasteiger partial charge in [0.2, 0.25) is 0 Å². The number of fused-ring (bicyclic) bond motifs is 6.